The summed E-state index contributed by atoms with van der Waals surface area (Å²) >= 11 is 0. The van der Waals surface area contributed by atoms with Crippen LogP contribution in [-0.2, 0) is 0 Å². The Morgan fingerprint density at radius 2 is 2.03 bits per heavy atom. The van der Waals surface area contributed by atoms with E-state index in [1.807, 2.05) is 31.3 Å². The van der Waals surface area contributed by atoms with Crippen LogP contribution in [0.25, 0.3) is 5.65 Å². The molecule has 3 aromatic rings. The summed E-state index contributed by atoms with van der Waals surface area (Å²) < 4.78 is 13.7. The first-order valence-electron chi connectivity index (χ1n) is 11.2. The predicted octanol–water partition coefficient (Wildman–Crippen LogP) is 3.95. The van der Waals surface area contributed by atoms with Crippen molar-refractivity contribution in [1.82, 2.24) is 24.9 Å². The lowest BCUT2D eigenvalue weighted by molar-refractivity contribution is 0.153. The van der Waals surface area contributed by atoms with Crippen molar-refractivity contribution in [2.24, 2.45) is 0 Å². The Balaban J connectivity index is 1.68. The van der Waals surface area contributed by atoms with Crippen molar-refractivity contribution in [2.75, 3.05) is 25.0 Å². The van der Waals surface area contributed by atoms with Gasteiger partial charge in [0, 0.05) is 17.7 Å². The quantitative estimate of drug-likeness (QED) is 0.566. The fourth-order valence-corrected chi connectivity index (χ4v) is 3.89. The number of anilines is 1. The SMILES string of the molecule is CCOc1ccccc1C(C)Nc1nc(OC2CCCNC2)nc2c(C(C)C)cnn12. The third kappa shape index (κ3) is 4.74. The number of piperidine rings is 1. The molecule has 2 atom stereocenters. The number of para-hydroxylation sites is 1. The van der Waals surface area contributed by atoms with Gasteiger partial charge in [-0.05, 0) is 45.2 Å². The Morgan fingerprint density at radius 1 is 1.19 bits per heavy atom. The maximum absolute atomic E-state index is 6.17. The van der Waals surface area contributed by atoms with Crippen molar-refractivity contribution in [2.45, 2.75) is 58.6 Å². The van der Waals surface area contributed by atoms with Crippen molar-refractivity contribution >= 4 is 11.6 Å². The number of hydrogen-bond acceptors (Lipinski definition) is 7. The van der Waals surface area contributed by atoms with Crippen LogP contribution in [0.15, 0.2) is 30.5 Å². The number of hydrogen-bond donors (Lipinski definition) is 2. The molecule has 31 heavy (non-hydrogen) atoms. The zero-order valence-corrected chi connectivity index (χ0v) is 18.8. The molecule has 4 rings (SSSR count). The lowest BCUT2D eigenvalue weighted by atomic mass is 10.1. The third-order valence-electron chi connectivity index (χ3n) is 5.55. The van der Waals surface area contributed by atoms with E-state index >= 15 is 0 Å². The molecule has 0 bridgehead atoms. The zero-order chi connectivity index (χ0) is 21.8. The van der Waals surface area contributed by atoms with Gasteiger partial charge in [-0.25, -0.2) is 0 Å². The van der Waals surface area contributed by atoms with E-state index in [2.05, 4.69) is 42.6 Å². The van der Waals surface area contributed by atoms with Crippen molar-refractivity contribution in [1.29, 1.82) is 0 Å². The number of fused-ring (bicyclic) bond motifs is 1. The van der Waals surface area contributed by atoms with Gasteiger partial charge in [0.05, 0.1) is 18.8 Å². The predicted molar refractivity (Wildman–Crippen MR) is 121 cm³/mol. The molecule has 1 saturated heterocycles. The fraction of sp³-hybridized carbons (Fsp3) is 0.522. The van der Waals surface area contributed by atoms with Crippen LogP contribution in [0.3, 0.4) is 0 Å². The van der Waals surface area contributed by atoms with Crippen LogP contribution in [-0.4, -0.2) is 45.4 Å². The Kier molecular flexibility index (Phi) is 6.56. The molecule has 2 unspecified atom stereocenters. The normalized spacial score (nSPS) is 17.6. The van der Waals surface area contributed by atoms with E-state index in [-0.39, 0.29) is 12.1 Å². The second-order valence-corrected chi connectivity index (χ2v) is 8.24. The van der Waals surface area contributed by atoms with E-state index in [0.717, 1.165) is 48.5 Å². The van der Waals surface area contributed by atoms with Gasteiger partial charge >= 0.3 is 6.01 Å². The molecule has 1 aliphatic heterocycles. The van der Waals surface area contributed by atoms with Crippen molar-refractivity contribution in [3.8, 4) is 11.8 Å². The molecule has 2 aromatic heterocycles. The Labute approximate surface area is 183 Å². The molecule has 1 aliphatic rings. The Bertz CT molecular complexity index is 1010. The standard InChI is InChI=1S/C23H32N6O2/c1-5-30-20-11-7-6-10-18(20)16(4)26-22-28-23(31-17-9-8-12-24-13-17)27-21-19(15(2)3)14-25-29(21)22/h6-7,10-11,14-17,24H,5,8-9,12-13H2,1-4H3,(H,26,27,28). The number of aromatic nitrogens is 4. The average molecular weight is 425 g/mol. The summed E-state index contributed by atoms with van der Waals surface area (Å²) in [5.41, 5.74) is 2.90. The molecule has 2 N–H and O–H groups in total. The van der Waals surface area contributed by atoms with Crippen LogP contribution in [0, 0.1) is 0 Å². The summed E-state index contributed by atoms with van der Waals surface area (Å²) in [6.07, 6.45) is 4.03. The molecule has 0 spiro atoms. The van der Waals surface area contributed by atoms with Crippen LogP contribution in [0.2, 0.25) is 0 Å². The van der Waals surface area contributed by atoms with Crippen LogP contribution in [0.4, 0.5) is 5.95 Å². The molecular weight excluding hydrogens is 392 g/mol. The largest absolute Gasteiger partial charge is 0.494 e. The molecule has 166 valence electrons. The highest BCUT2D eigenvalue weighted by atomic mass is 16.5. The second kappa shape index (κ2) is 9.51. The van der Waals surface area contributed by atoms with E-state index in [9.17, 15) is 0 Å². The van der Waals surface area contributed by atoms with Gasteiger partial charge in [-0.15, -0.1) is 0 Å². The summed E-state index contributed by atoms with van der Waals surface area (Å²) in [6.45, 7) is 10.8. The van der Waals surface area contributed by atoms with Gasteiger partial charge in [-0.3, -0.25) is 0 Å². The average Bonchev–Trinajstić information content (AvgIpc) is 3.20. The molecule has 0 amide bonds. The summed E-state index contributed by atoms with van der Waals surface area (Å²) in [4.78, 5) is 9.41. The second-order valence-electron chi connectivity index (χ2n) is 8.24. The highest BCUT2D eigenvalue weighted by molar-refractivity contribution is 5.53. The number of benzene rings is 1. The minimum absolute atomic E-state index is 0.0447. The lowest BCUT2D eigenvalue weighted by Gasteiger charge is -2.23. The number of nitrogens with zero attached hydrogens (tertiary/aromatic N) is 4. The van der Waals surface area contributed by atoms with E-state index in [1.165, 1.54) is 0 Å². The summed E-state index contributed by atoms with van der Waals surface area (Å²) in [5.74, 6) is 1.76. The first-order valence-corrected chi connectivity index (χ1v) is 11.2. The molecule has 0 radical (unpaired) electrons. The molecule has 3 heterocycles. The topological polar surface area (TPSA) is 85.6 Å². The monoisotopic (exact) mass is 424 g/mol. The highest BCUT2D eigenvalue weighted by Crippen LogP contribution is 2.29. The highest BCUT2D eigenvalue weighted by Gasteiger charge is 2.21. The molecule has 1 fully saturated rings. The van der Waals surface area contributed by atoms with Crippen molar-refractivity contribution in [3.05, 3.63) is 41.6 Å². The van der Waals surface area contributed by atoms with Crippen LogP contribution in [0.5, 0.6) is 11.8 Å². The molecular formula is C23H32N6O2. The zero-order valence-electron chi connectivity index (χ0n) is 18.8. The molecule has 8 nitrogen and oxygen atoms in total. The molecule has 0 aliphatic carbocycles. The lowest BCUT2D eigenvalue weighted by Crippen LogP contribution is -2.37. The maximum Gasteiger partial charge on any atom is 0.322 e. The smallest absolute Gasteiger partial charge is 0.322 e. The Morgan fingerprint density at radius 3 is 2.77 bits per heavy atom. The third-order valence-corrected chi connectivity index (χ3v) is 5.55. The van der Waals surface area contributed by atoms with E-state index in [4.69, 9.17) is 19.4 Å². The first kappa shape index (κ1) is 21.4. The van der Waals surface area contributed by atoms with Crippen molar-refractivity contribution < 1.29 is 9.47 Å². The van der Waals surface area contributed by atoms with E-state index in [0.29, 0.717) is 24.5 Å². The number of rotatable bonds is 8. The van der Waals surface area contributed by atoms with E-state index < -0.39 is 0 Å². The minimum Gasteiger partial charge on any atom is -0.494 e. The van der Waals surface area contributed by atoms with Gasteiger partial charge in [-0.1, -0.05) is 32.0 Å². The van der Waals surface area contributed by atoms with Gasteiger partial charge < -0.3 is 20.1 Å². The summed E-state index contributed by atoms with van der Waals surface area (Å²) in [5, 5.41) is 11.4. The van der Waals surface area contributed by atoms with Gasteiger partial charge in [0.1, 0.15) is 11.9 Å². The Hall–Kier alpha value is -2.87. The van der Waals surface area contributed by atoms with Gasteiger partial charge in [-0.2, -0.15) is 19.6 Å². The molecule has 8 heteroatoms. The van der Waals surface area contributed by atoms with Crippen LogP contribution < -0.4 is 20.1 Å². The van der Waals surface area contributed by atoms with Crippen LogP contribution in [0.1, 0.15) is 63.6 Å². The minimum atomic E-state index is -0.0447. The number of ether oxygens (including phenoxy) is 2. The van der Waals surface area contributed by atoms with Crippen molar-refractivity contribution in [3.63, 3.8) is 0 Å². The first-order chi connectivity index (χ1) is 15.1. The summed E-state index contributed by atoms with van der Waals surface area (Å²) in [6, 6.07) is 8.39. The van der Waals surface area contributed by atoms with Crippen LogP contribution >= 0.6 is 0 Å². The van der Waals surface area contributed by atoms with Gasteiger partial charge in [0.2, 0.25) is 5.95 Å². The molecule has 0 saturated carbocycles. The van der Waals surface area contributed by atoms with Gasteiger partial charge in [0.15, 0.2) is 5.65 Å². The van der Waals surface area contributed by atoms with E-state index in [1.54, 1.807) is 4.52 Å². The fourth-order valence-electron chi connectivity index (χ4n) is 3.89. The maximum atomic E-state index is 6.17. The number of nitrogens with one attached hydrogen (secondary N) is 2. The van der Waals surface area contributed by atoms with Gasteiger partial charge in [0.25, 0.3) is 0 Å². The summed E-state index contributed by atoms with van der Waals surface area (Å²) in [7, 11) is 0. The molecule has 1 aromatic carbocycles.